The molecule has 100 valence electrons. The first-order chi connectivity index (χ1) is 8.41. The van der Waals surface area contributed by atoms with E-state index < -0.39 is 10.0 Å². The Hall–Kier alpha value is -1.07. The third kappa shape index (κ3) is 2.52. The summed E-state index contributed by atoms with van der Waals surface area (Å²) in [6, 6.07) is 6.66. The molecule has 2 N–H and O–H groups in total. The Bertz CT molecular complexity index is 518. The molecule has 1 fully saturated rings. The molecule has 0 aromatic heterocycles. The minimum absolute atomic E-state index is 0.228. The fourth-order valence-corrected chi connectivity index (χ4v) is 4.45. The van der Waals surface area contributed by atoms with Gasteiger partial charge in [0.2, 0.25) is 10.0 Å². The maximum absolute atomic E-state index is 12.5. The second kappa shape index (κ2) is 4.90. The molecule has 1 saturated heterocycles. The molecule has 5 heteroatoms. The maximum atomic E-state index is 12.5. The van der Waals surface area contributed by atoms with Gasteiger partial charge in [0, 0.05) is 13.1 Å². The first-order valence-corrected chi connectivity index (χ1v) is 7.70. The highest BCUT2D eigenvalue weighted by atomic mass is 32.2. The Morgan fingerprint density at radius 2 is 1.72 bits per heavy atom. The van der Waals surface area contributed by atoms with Crippen LogP contribution in [0.25, 0.3) is 0 Å². The summed E-state index contributed by atoms with van der Waals surface area (Å²) in [7, 11) is -3.45. The summed E-state index contributed by atoms with van der Waals surface area (Å²) in [5.74, 6) is 0.793. The van der Waals surface area contributed by atoms with Gasteiger partial charge in [-0.15, -0.1) is 0 Å². The topological polar surface area (TPSA) is 63.4 Å². The standard InChI is InChI=1S/C13H20N2O2S/c1-10-7-11(2)9-15(8-10)18(16,17)13-6-4-3-5-12(13)14/h3-6,10-11H,7-9,14H2,1-2H3/t10-,11-/m0/s1. The molecule has 18 heavy (non-hydrogen) atoms. The van der Waals surface area contributed by atoms with Crippen molar-refractivity contribution in [2.75, 3.05) is 18.8 Å². The summed E-state index contributed by atoms with van der Waals surface area (Å²) >= 11 is 0. The van der Waals surface area contributed by atoms with E-state index in [1.54, 1.807) is 28.6 Å². The molecule has 0 bridgehead atoms. The fraction of sp³-hybridized carbons (Fsp3) is 0.538. The van der Waals surface area contributed by atoms with Crippen LogP contribution < -0.4 is 5.73 Å². The highest BCUT2D eigenvalue weighted by Crippen LogP contribution is 2.28. The predicted octanol–water partition coefficient (Wildman–Crippen LogP) is 1.94. The number of piperidine rings is 1. The van der Waals surface area contributed by atoms with Gasteiger partial charge >= 0.3 is 0 Å². The van der Waals surface area contributed by atoms with Crippen molar-refractivity contribution in [3.63, 3.8) is 0 Å². The number of nitrogens with two attached hydrogens (primary N) is 1. The van der Waals surface area contributed by atoms with Gasteiger partial charge in [-0.1, -0.05) is 26.0 Å². The SMILES string of the molecule is C[C@H]1C[C@H](C)CN(S(=O)(=O)c2ccccc2N)C1. The first kappa shape index (κ1) is 13.4. The third-order valence-corrected chi connectivity index (χ3v) is 5.28. The van der Waals surface area contributed by atoms with Crippen molar-refractivity contribution >= 4 is 15.7 Å². The molecule has 2 atom stereocenters. The van der Waals surface area contributed by atoms with E-state index in [2.05, 4.69) is 13.8 Å². The lowest BCUT2D eigenvalue weighted by Gasteiger charge is -2.34. The van der Waals surface area contributed by atoms with Crippen LogP contribution in [0.2, 0.25) is 0 Å². The summed E-state index contributed by atoms with van der Waals surface area (Å²) in [6.07, 6.45) is 1.08. The van der Waals surface area contributed by atoms with Gasteiger partial charge in [0.05, 0.1) is 5.69 Å². The lowest BCUT2D eigenvalue weighted by molar-refractivity contribution is 0.222. The molecule has 1 aliphatic heterocycles. The number of rotatable bonds is 2. The van der Waals surface area contributed by atoms with Crippen molar-refractivity contribution in [1.29, 1.82) is 0 Å². The summed E-state index contributed by atoms with van der Waals surface area (Å²) in [6.45, 7) is 5.35. The summed E-state index contributed by atoms with van der Waals surface area (Å²) in [5, 5.41) is 0. The van der Waals surface area contributed by atoms with E-state index in [1.165, 1.54) is 0 Å². The van der Waals surface area contributed by atoms with Crippen molar-refractivity contribution in [1.82, 2.24) is 4.31 Å². The number of hydrogen-bond donors (Lipinski definition) is 1. The van der Waals surface area contributed by atoms with Gasteiger partial charge in [-0.05, 0) is 30.4 Å². The fourth-order valence-electron chi connectivity index (χ4n) is 2.66. The maximum Gasteiger partial charge on any atom is 0.245 e. The zero-order chi connectivity index (χ0) is 13.3. The predicted molar refractivity (Wildman–Crippen MR) is 72.6 cm³/mol. The zero-order valence-electron chi connectivity index (χ0n) is 10.8. The Kier molecular flexibility index (Phi) is 3.64. The summed E-state index contributed by atoms with van der Waals surface area (Å²) in [5.41, 5.74) is 6.10. The quantitative estimate of drug-likeness (QED) is 0.834. The van der Waals surface area contributed by atoms with Crippen LogP contribution >= 0.6 is 0 Å². The minimum Gasteiger partial charge on any atom is -0.398 e. The van der Waals surface area contributed by atoms with E-state index in [9.17, 15) is 8.42 Å². The normalized spacial score (nSPS) is 26.1. The van der Waals surface area contributed by atoms with Gasteiger partial charge in [0.15, 0.2) is 0 Å². The van der Waals surface area contributed by atoms with E-state index in [1.807, 2.05) is 0 Å². The van der Waals surface area contributed by atoms with Crippen LogP contribution in [0.15, 0.2) is 29.2 Å². The van der Waals surface area contributed by atoms with E-state index >= 15 is 0 Å². The lowest BCUT2D eigenvalue weighted by Crippen LogP contribution is -2.42. The molecular formula is C13H20N2O2S. The molecule has 2 rings (SSSR count). The van der Waals surface area contributed by atoms with Crippen LogP contribution in [-0.2, 0) is 10.0 Å². The number of nitrogens with zero attached hydrogens (tertiary/aromatic N) is 1. The van der Waals surface area contributed by atoms with E-state index in [4.69, 9.17) is 5.73 Å². The second-order valence-electron chi connectivity index (χ2n) is 5.31. The van der Waals surface area contributed by atoms with E-state index in [-0.39, 0.29) is 4.90 Å². The lowest BCUT2D eigenvalue weighted by atomic mass is 9.94. The summed E-state index contributed by atoms with van der Waals surface area (Å²) < 4.78 is 26.7. The molecule has 1 aromatic rings. The van der Waals surface area contributed by atoms with Crippen LogP contribution in [0.4, 0.5) is 5.69 Å². The van der Waals surface area contributed by atoms with Gasteiger partial charge in [0.1, 0.15) is 4.90 Å². The smallest absolute Gasteiger partial charge is 0.245 e. The molecule has 1 aromatic carbocycles. The molecule has 4 nitrogen and oxygen atoms in total. The Labute approximate surface area is 109 Å². The molecule has 0 spiro atoms. The Morgan fingerprint density at radius 3 is 2.28 bits per heavy atom. The van der Waals surface area contributed by atoms with Crippen molar-refractivity contribution in [3.05, 3.63) is 24.3 Å². The van der Waals surface area contributed by atoms with Crippen LogP contribution in [0.3, 0.4) is 0 Å². The highest BCUT2D eigenvalue weighted by molar-refractivity contribution is 7.89. The Balaban J connectivity index is 2.34. The largest absolute Gasteiger partial charge is 0.398 e. The van der Waals surface area contributed by atoms with Crippen LogP contribution in [0.5, 0.6) is 0 Å². The minimum atomic E-state index is -3.45. The molecule has 0 amide bonds. The number of sulfonamides is 1. The molecule has 1 aliphatic rings. The first-order valence-electron chi connectivity index (χ1n) is 6.26. The third-order valence-electron chi connectivity index (χ3n) is 3.37. The highest BCUT2D eigenvalue weighted by Gasteiger charge is 2.32. The van der Waals surface area contributed by atoms with Gasteiger partial charge in [-0.25, -0.2) is 8.42 Å². The number of nitrogen functional groups attached to an aromatic ring is 1. The molecule has 0 aliphatic carbocycles. The summed E-state index contributed by atoms with van der Waals surface area (Å²) in [4.78, 5) is 0.228. The number of hydrogen-bond acceptors (Lipinski definition) is 3. The van der Waals surface area contributed by atoms with E-state index in [0.717, 1.165) is 6.42 Å². The van der Waals surface area contributed by atoms with Crippen LogP contribution in [0.1, 0.15) is 20.3 Å². The average molecular weight is 268 g/mol. The monoisotopic (exact) mass is 268 g/mol. The van der Waals surface area contributed by atoms with Crippen LogP contribution in [0, 0.1) is 11.8 Å². The number of anilines is 1. The molecule has 0 saturated carbocycles. The molecular weight excluding hydrogens is 248 g/mol. The van der Waals surface area contributed by atoms with Crippen molar-refractivity contribution < 1.29 is 8.42 Å². The number of benzene rings is 1. The number of para-hydroxylation sites is 1. The molecule has 0 unspecified atom stereocenters. The van der Waals surface area contributed by atoms with E-state index in [0.29, 0.717) is 30.6 Å². The van der Waals surface area contributed by atoms with Crippen molar-refractivity contribution in [3.8, 4) is 0 Å². The Morgan fingerprint density at radius 1 is 1.17 bits per heavy atom. The van der Waals surface area contributed by atoms with Crippen molar-refractivity contribution in [2.24, 2.45) is 11.8 Å². The van der Waals surface area contributed by atoms with Gasteiger partial charge in [-0.2, -0.15) is 4.31 Å². The molecule has 0 radical (unpaired) electrons. The second-order valence-corrected chi connectivity index (χ2v) is 7.21. The zero-order valence-corrected chi connectivity index (χ0v) is 11.7. The van der Waals surface area contributed by atoms with Gasteiger partial charge < -0.3 is 5.73 Å². The molecule has 1 heterocycles. The van der Waals surface area contributed by atoms with Crippen molar-refractivity contribution in [2.45, 2.75) is 25.2 Å². The van der Waals surface area contributed by atoms with Crippen LogP contribution in [-0.4, -0.2) is 25.8 Å². The average Bonchev–Trinajstić information content (AvgIpc) is 2.28. The van der Waals surface area contributed by atoms with Gasteiger partial charge in [-0.3, -0.25) is 0 Å². The van der Waals surface area contributed by atoms with Gasteiger partial charge in [0.25, 0.3) is 0 Å².